The van der Waals surface area contributed by atoms with Gasteiger partial charge in [-0.25, -0.2) is 4.79 Å². The number of hydrogen-bond acceptors (Lipinski definition) is 3. The molecule has 0 fully saturated rings. The molecule has 0 rings (SSSR count). The summed E-state index contributed by atoms with van der Waals surface area (Å²) in [5.41, 5.74) is 0.145. The van der Waals surface area contributed by atoms with Crippen LogP contribution in [0.4, 0.5) is 0 Å². The Bertz CT molecular complexity index is 192. The highest BCUT2D eigenvalue weighted by Crippen LogP contribution is 2.01. The molecule has 0 heterocycles. The normalized spacial score (nSPS) is 8.27. The fraction of sp³-hybridized carbons (Fsp3) is 0.429. The van der Waals surface area contributed by atoms with Gasteiger partial charge in [-0.2, -0.15) is 5.26 Å². The second-order valence-electron chi connectivity index (χ2n) is 1.95. The molecular weight excluding hydrogens is 146 g/mol. The molecule has 4 nitrogen and oxygen atoms in total. The van der Waals surface area contributed by atoms with E-state index < -0.39 is 5.97 Å². The molecule has 0 radical (unpaired) electrons. The maximum absolute atomic E-state index is 10.2. The van der Waals surface area contributed by atoms with Gasteiger partial charge in [-0.1, -0.05) is 6.58 Å². The zero-order valence-corrected chi connectivity index (χ0v) is 6.04. The van der Waals surface area contributed by atoms with E-state index in [-0.39, 0.29) is 12.2 Å². The van der Waals surface area contributed by atoms with E-state index in [0.717, 1.165) is 0 Å². The summed E-state index contributed by atoms with van der Waals surface area (Å²) in [4.78, 5) is 10.2. The molecule has 0 saturated carbocycles. The highest BCUT2D eigenvalue weighted by Gasteiger charge is 2.02. The Kier molecular flexibility index (Phi) is 4.58. The third-order valence-corrected chi connectivity index (χ3v) is 1.09. The Morgan fingerprint density at radius 2 is 2.36 bits per heavy atom. The summed E-state index contributed by atoms with van der Waals surface area (Å²) in [7, 11) is 0. The van der Waals surface area contributed by atoms with E-state index in [1.807, 2.05) is 0 Å². The Labute approximate surface area is 64.7 Å². The van der Waals surface area contributed by atoms with Gasteiger partial charge in [0.2, 0.25) is 0 Å². The summed E-state index contributed by atoms with van der Waals surface area (Å²) in [5, 5.41) is 16.3. The smallest absolute Gasteiger partial charge is 0.330 e. The van der Waals surface area contributed by atoms with Gasteiger partial charge in [-0.05, 0) is 12.8 Å². The molecule has 0 saturated heterocycles. The average Bonchev–Trinajstić information content (AvgIpc) is 1.97. The van der Waals surface area contributed by atoms with Gasteiger partial charge in [0.1, 0.15) is 6.61 Å². The standard InChI is InChI=1S/C7H9NO3/c1-6(7(9)10)3-2-4-11-5-8/h1-4H2,(H,9,10). The van der Waals surface area contributed by atoms with Crippen molar-refractivity contribution in [3.05, 3.63) is 12.2 Å². The van der Waals surface area contributed by atoms with Gasteiger partial charge in [0.15, 0.2) is 0 Å². The lowest BCUT2D eigenvalue weighted by Crippen LogP contribution is -2.00. The molecule has 60 valence electrons. The molecule has 0 atom stereocenters. The molecule has 0 aliphatic heterocycles. The fourth-order valence-electron chi connectivity index (χ4n) is 0.510. The van der Waals surface area contributed by atoms with Crippen molar-refractivity contribution in [2.45, 2.75) is 12.8 Å². The molecule has 0 aromatic rings. The first-order valence-corrected chi connectivity index (χ1v) is 3.10. The highest BCUT2D eigenvalue weighted by atomic mass is 16.5. The van der Waals surface area contributed by atoms with Crippen molar-refractivity contribution >= 4 is 5.97 Å². The zero-order chi connectivity index (χ0) is 8.69. The number of rotatable bonds is 5. The van der Waals surface area contributed by atoms with Gasteiger partial charge >= 0.3 is 5.97 Å². The maximum atomic E-state index is 10.2. The van der Waals surface area contributed by atoms with Crippen LogP contribution < -0.4 is 0 Å². The van der Waals surface area contributed by atoms with Crippen LogP contribution in [0.5, 0.6) is 0 Å². The minimum Gasteiger partial charge on any atom is -0.478 e. The average molecular weight is 155 g/mol. The Balaban J connectivity index is 3.34. The zero-order valence-electron chi connectivity index (χ0n) is 6.04. The minimum absolute atomic E-state index is 0.145. The third-order valence-electron chi connectivity index (χ3n) is 1.09. The number of carboxylic acids is 1. The van der Waals surface area contributed by atoms with Gasteiger partial charge < -0.3 is 9.84 Å². The highest BCUT2D eigenvalue weighted by molar-refractivity contribution is 5.85. The molecule has 0 unspecified atom stereocenters. The number of carboxylic acid groups (broad SMARTS) is 1. The van der Waals surface area contributed by atoms with E-state index in [0.29, 0.717) is 12.8 Å². The summed E-state index contributed by atoms with van der Waals surface area (Å²) in [6.07, 6.45) is 2.36. The molecule has 11 heavy (non-hydrogen) atoms. The van der Waals surface area contributed by atoms with Crippen LogP contribution in [0.15, 0.2) is 12.2 Å². The Hall–Kier alpha value is -1.50. The molecule has 1 N–H and O–H groups in total. The van der Waals surface area contributed by atoms with Crippen molar-refractivity contribution in [2.24, 2.45) is 0 Å². The third kappa shape index (κ3) is 4.97. The summed E-state index contributed by atoms with van der Waals surface area (Å²) in [5.74, 6) is -0.998. The fourth-order valence-corrected chi connectivity index (χ4v) is 0.510. The van der Waals surface area contributed by atoms with Crippen molar-refractivity contribution in [1.82, 2.24) is 0 Å². The molecule has 0 spiro atoms. The number of ether oxygens (including phenoxy) is 1. The summed E-state index contributed by atoms with van der Waals surface area (Å²) in [6.45, 7) is 3.57. The number of carbonyl (C=O) groups is 1. The van der Waals surface area contributed by atoms with Crippen LogP contribution in [0.1, 0.15) is 12.8 Å². The monoisotopic (exact) mass is 155 g/mol. The number of nitrogens with zero attached hydrogens (tertiary/aromatic N) is 1. The molecule has 0 bridgehead atoms. The van der Waals surface area contributed by atoms with Crippen molar-refractivity contribution in [3.63, 3.8) is 0 Å². The summed E-state index contributed by atoms with van der Waals surface area (Å²) in [6, 6.07) is 0. The van der Waals surface area contributed by atoms with Crippen LogP contribution in [0.25, 0.3) is 0 Å². The summed E-state index contributed by atoms with van der Waals surface area (Å²) < 4.78 is 4.34. The number of nitriles is 1. The largest absolute Gasteiger partial charge is 0.478 e. The minimum atomic E-state index is -0.998. The molecule has 0 aliphatic rings. The van der Waals surface area contributed by atoms with Gasteiger partial charge in [-0.15, -0.1) is 0 Å². The first kappa shape index (κ1) is 9.50. The van der Waals surface area contributed by atoms with Crippen LogP contribution in [0.3, 0.4) is 0 Å². The van der Waals surface area contributed by atoms with Crippen molar-refractivity contribution in [2.75, 3.05) is 6.61 Å². The van der Waals surface area contributed by atoms with Crippen molar-refractivity contribution in [3.8, 4) is 6.26 Å². The second-order valence-corrected chi connectivity index (χ2v) is 1.95. The van der Waals surface area contributed by atoms with Gasteiger partial charge in [-0.3, -0.25) is 0 Å². The van der Waals surface area contributed by atoms with Gasteiger partial charge in [0.05, 0.1) is 0 Å². The van der Waals surface area contributed by atoms with Gasteiger partial charge in [0, 0.05) is 5.57 Å². The number of aliphatic carboxylic acids is 1. The molecule has 0 amide bonds. The predicted octanol–water partition coefficient (Wildman–Crippen LogP) is 0.905. The van der Waals surface area contributed by atoms with E-state index in [9.17, 15) is 4.79 Å². The maximum Gasteiger partial charge on any atom is 0.330 e. The topological polar surface area (TPSA) is 70.3 Å². The quantitative estimate of drug-likeness (QED) is 0.364. The molecule has 0 aliphatic carbocycles. The van der Waals surface area contributed by atoms with Crippen molar-refractivity contribution < 1.29 is 14.6 Å². The Morgan fingerprint density at radius 3 is 2.82 bits per heavy atom. The molecule has 0 aromatic carbocycles. The molecule has 0 aromatic heterocycles. The van der Waals surface area contributed by atoms with E-state index in [1.165, 1.54) is 6.26 Å². The SMILES string of the molecule is C=C(CCCOC#N)C(=O)O. The molecule has 4 heteroatoms. The lowest BCUT2D eigenvalue weighted by Gasteiger charge is -1.97. The van der Waals surface area contributed by atoms with Crippen LogP contribution in [0, 0.1) is 11.5 Å². The van der Waals surface area contributed by atoms with Crippen LogP contribution >= 0.6 is 0 Å². The lowest BCUT2D eigenvalue weighted by atomic mass is 10.2. The van der Waals surface area contributed by atoms with Crippen molar-refractivity contribution in [1.29, 1.82) is 5.26 Å². The van der Waals surface area contributed by atoms with Crippen LogP contribution in [-0.2, 0) is 9.53 Å². The van der Waals surface area contributed by atoms with Gasteiger partial charge in [0.25, 0.3) is 6.26 Å². The predicted molar refractivity (Wildman–Crippen MR) is 37.6 cm³/mol. The van der Waals surface area contributed by atoms with Crippen LogP contribution in [-0.4, -0.2) is 17.7 Å². The van der Waals surface area contributed by atoms with E-state index in [2.05, 4.69) is 11.3 Å². The van der Waals surface area contributed by atoms with E-state index in [1.54, 1.807) is 0 Å². The Morgan fingerprint density at radius 1 is 1.73 bits per heavy atom. The van der Waals surface area contributed by atoms with E-state index >= 15 is 0 Å². The first-order chi connectivity index (χ1) is 5.18. The summed E-state index contributed by atoms with van der Waals surface area (Å²) >= 11 is 0. The first-order valence-electron chi connectivity index (χ1n) is 3.10. The lowest BCUT2D eigenvalue weighted by molar-refractivity contribution is -0.132. The van der Waals surface area contributed by atoms with E-state index in [4.69, 9.17) is 10.4 Å². The molecular formula is C7H9NO3. The number of hydrogen-bond donors (Lipinski definition) is 1. The van der Waals surface area contributed by atoms with Crippen LogP contribution in [0.2, 0.25) is 0 Å². The second kappa shape index (κ2) is 5.30.